The van der Waals surface area contributed by atoms with E-state index >= 15 is 0 Å². The molecule has 1 N–H and O–H groups in total. The lowest BCUT2D eigenvalue weighted by Gasteiger charge is -2.33. The Kier molecular flexibility index (Phi) is 4.30. The molecule has 0 aliphatic rings. The smallest absolute Gasteiger partial charge is 0.385 e. The molecule has 0 radical (unpaired) electrons. The highest BCUT2D eigenvalue weighted by Crippen LogP contribution is 2.50. The molecule has 0 aliphatic heterocycles. The minimum atomic E-state index is -6.48. The first kappa shape index (κ1) is 17.7. The van der Waals surface area contributed by atoms with E-state index in [2.05, 4.69) is 0 Å². The third-order valence-corrected chi connectivity index (χ3v) is 2.83. The summed E-state index contributed by atoms with van der Waals surface area (Å²) >= 11 is 0. The van der Waals surface area contributed by atoms with Crippen LogP contribution in [0, 0.1) is 5.82 Å². The lowest BCUT2D eigenvalue weighted by Crippen LogP contribution is -2.54. The molecule has 1 aromatic carbocycles. The Balaban J connectivity index is 3.13. The second-order valence-electron chi connectivity index (χ2n) is 4.74. The summed E-state index contributed by atoms with van der Waals surface area (Å²) in [5.74, 6) is -12.9. The number of hydrogen-bond acceptors (Lipinski definition) is 1. The molecule has 0 fully saturated rings. The predicted octanol–water partition coefficient (Wildman–Crippen LogP) is 4.26. The summed E-state index contributed by atoms with van der Waals surface area (Å²) in [6, 6.07) is 3.40. The van der Waals surface area contributed by atoms with Crippen LogP contribution < -0.4 is 0 Å². The van der Waals surface area contributed by atoms with Crippen molar-refractivity contribution < 1.29 is 40.2 Å². The van der Waals surface area contributed by atoms with E-state index in [1.165, 1.54) is 0 Å². The number of benzene rings is 1. The molecule has 1 atom stereocenters. The normalized spacial score (nSPS) is 16.7. The molecule has 0 heterocycles. The van der Waals surface area contributed by atoms with Gasteiger partial charge in [-0.15, -0.1) is 0 Å². The van der Waals surface area contributed by atoms with Crippen molar-refractivity contribution in [2.24, 2.45) is 0 Å². The first-order chi connectivity index (χ1) is 9.21. The average molecular weight is 322 g/mol. The molecular weight excluding hydrogens is 312 g/mol. The maximum absolute atomic E-state index is 13.3. The highest BCUT2D eigenvalue weighted by atomic mass is 19.4. The summed E-state index contributed by atoms with van der Waals surface area (Å²) < 4.78 is 101. The summed E-state index contributed by atoms with van der Waals surface area (Å²) in [6.45, 7) is 0.599. The standard InChI is InChI=1S/C12H10F8O/c1-9(21,7-3-2-4-8(13)5-7)6-10(14,15)11(16,17)12(18,19)20/h2-5,21H,6H2,1H3. The summed E-state index contributed by atoms with van der Waals surface area (Å²) in [6.07, 6.45) is -8.70. The highest BCUT2D eigenvalue weighted by molar-refractivity contribution is 5.23. The van der Waals surface area contributed by atoms with Crippen molar-refractivity contribution >= 4 is 0 Å². The van der Waals surface area contributed by atoms with E-state index in [9.17, 15) is 40.2 Å². The molecule has 0 spiro atoms. The van der Waals surface area contributed by atoms with Crippen molar-refractivity contribution in [3.8, 4) is 0 Å². The summed E-state index contributed by atoms with van der Waals surface area (Å²) in [7, 11) is 0. The van der Waals surface area contributed by atoms with Crippen molar-refractivity contribution in [2.75, 3.05) is 0 Å². The molecule has 0 aromatic heterocycles. The Morgan fingerprint density at radius 3 is 1.95 bits per heavy atom. The van der Waals surface area contributed by atoms with Gasteiger partial charge in [0.25, 0.3) is 0 Å². The quantitative estimate of drug-likeness (QED) is 0.822. The third kappa shape index (κ3) is 3.45. The van der Waals surface area contributed by atoms with Crippen LogP contribution in [0.3, 0.4) is 0 Å². The van der Waals surface area contributed by atoms with Gasteiger partial charge in [-0.05, 0) is 24.6 Å². The highest BCUT2D eigenvalue weighted by Gasteiger charge is 2.73. The first-order valence-electron chi connectivity index (χ1n) is 5.51. The summed E-state index contributed by atoms with van der Waals surface area (Å²) in [5, 5.41) is 9.73. The minimum absolute atomic E-state index is 0.542. The summed E-state index contributed by atoms with van der Waals surface area (Å²) in [4.78, 5) is 0. The van der Waals surface area contributed by atoms with Crippen LogP contribution in [0.5, 0.6) is 0 Å². The molecular formula is C12H10F8O. The van der Waals surface area contributed by atoms with Gasteiger partial charge in [0.15, 0.2) is 0 Å². The fraction of sp³-hybridized carbons (Fsp3) is 0.500. The van der Waals surface area contributed by atoms with Crippen LogP contribution in [0.4, 0.5) is 35.1 Å². The maximum atomic E-state index is 13.3. The Morgan fingerprint density at radius 1 is 1.00 bits per heavy atom. The van der Waals surface area contributed by atoms with Crippen LogP contribution in [-0.2, 0) is 5.60 Å². The monoisotopic (exact) mass is 322 g/mol. The van der Waals surface area contributed by atoms with Crippen molar-refractivity contribution in [1.82, 2.24) is 0 Å². The first-order valence-corrected chi connectivity index (χ1v) is 5.51. The van der Waals surface area contributed by atoms with Crippen molar-refractivity contribution in [2.45, 2.75) is 37.0 Å². The molecule has 0 aliphatic carbocycles. The Morgan fingerprint density at radius 2 is 1.52 bits per heavy atom. The fourth-order valence-corrected chi connectivity index (χ4v) is 1.68. The Labute approximate surface area is 114 Å². The minimum Gasteiger partial charge on any atom is -0.385 e. The van der Waals surface area contributed by atoms with Crippen LogP contribution in [0.15, 0.2) is 24.3 Å². The van der Waals surface area contributed by atoms with Crippen LogP contribution in [-0.4, -0.2) is 23.1 Å². The number of alkyl halides is 7. The molecule has 1 unspecified atom stereocenters. The fourth-order valence-electron chi connectivity index (χ4n) is 1.68. The van der Waals surface area contributed by atoms with Gasteiger partial charge in [0.05, 0.1) is 12.0 Å². The van der Waals surface area contributed by atoms with E-state index in [0.717, 1.165) is 18.2 Å². The summed E-state index contributed by atoms with van der Waals surface area (Å²) in [5.41, 5.74) is -3.32. The number of halogens is 8. The van der Waals surface area contributed by atoms with E-state index in [0.29, 0.717) is 13.0 Å². The Hall–Kier alpha value is -1.38. The molecule has 9 heteroatoms. The van der Waals surface area contributed by atoms with Gasteiger partial charge in [0.1, 0.15) is 5.82 Å². The van der Waals surface area contributed by atoms with Gasteiger partial charge in [-0.3, -0.25) is 0 Å². The van der Waals surface area contributed by atoms with Gasteiger partial charge >= 0.3 is 18.0 Å². The largest absolute Gasteiger partial charge is 0.459 e. The molecule has 0 bridgehead atoms. The SMILES string of the molecule is CC(O)(CC(F)(F)C(F)(F)C(F)(F)F)c1cccc(F)c1. The third-order valence-electron chi connectivity index (χ3n) is 2.83. The van der Waals surface area contributed by atoms with Gasteiger partial charge in [-0.2, -0.15) is 30.7 Å². The lowest BCUT2D eigenvalue weighted by molar-refractivity contribution is -0.361. The molecule has 1 aromatic rings. The lowest BCUT2D eigenvalue weighted by atomic mass is 9.87. The zero-order valence-electron chi connectivity index (χ0n) is 10.5. The Bertz CT molecular complexity index is 506. The van der Waals surface area contributed by atoms with Crippen LogP contribution in [0.1, 0.15) is 18.9 Å². The van der Waals surface area contributed by atoms with E-state index in [1.807, 2.05) is 0 Å². The van der Waals surface area contributed by atoms with Gasteiger partial charge in [0, 0.05) is 0 Å². The molecule has 0 amide bonds. The molecule has 0 saturated heterocycles. The van der Waals surface area contributed by atoms with Crippen LogP contribution >= 0.6 is 0 Å². The van der Waals surface area contributed by atoms with Gasteiger partial charge < -0.3 is 5.11 Å². The molecule has 0 saturated carbocycles. The van der Waals surface area contributed by atoms with Crippen molar-refractivity contribution in [3.05, 3.63) is 35.6 Å². The molecule has 120 valence electrons. The number of aliphatic hydroxyl groups is 1. The maximum Gasteiger partial charge on any atom is 0.459 e. The van der Waals surface area contributed by atoms with Crippen LogP contribution in [0.25, 0.3) is 0 Å². The van der Waals surface area contributed by atoms with Crippen LogP contribution in [0.2, 0.25) is 0 Å². The zero-order chi connectivity index (χ0) is 16.7. The molecule has 1 rings (SSSR count). The van der Waals surface area contributed by atoms with E-state index in [-0.39, 0.29) is 0 Å². The van der Waals surface area contributed by atoms with Gasteiger partial charge in [-0.1, -0.05) is 12.1 Å². The van der Waals surface area contributed by atoms with E-state index in [4.69, 9.17) is 0 Å². The van der Waals surface area contributed by atoms with E-state index < -0.39 is 41.4 Å². The molecule has 1 nitrogen and oxygen atoms in total. The van der Waals surface area contributed by atoms with Gasteiger partial charge in [-0.25, -0.2) is 4.39 Å². The second kappa shape index (κ2) is 5.11. The second-order valence-corrected chi connectivity index (χ2v) is 4.74. The topological polar surface area (TPSA) is 20.2 Å². The average Bonchev–Trinajstić information content (AvgIpc) is 2.25. The zero-order valence-corrected chi connectivity index (χ0v) is 10.5. The predicted molar refractivity (Wildman–Crippen MR) is 56.5 cm³/mol. The number of hydrogen-bond donors (Lipinski definition) is 1. The van der Waals surface area contributed by atoms with E-state index in [1.54, 1.807) is 0 Å². The van der Waals surface area contributed by atoms with Crippen molar-refractivity contribution in [3.63, 3.8) is 0 Å². The van der Waals surface area contributed by atoms with Gasteiger partial charge in [0.2, 0.25) is 0 Å². The van der Waals surface area contributed by atoms with Crippen molar-refractivity contribution in [1.29, 1.82) is 0 Å². The molecule has 21 heavy (non-hydrogen) atoms. The number of rotatable bonds is 4.